The number of ether oxygens (including phenoxy) is 1. The predicted molar refractivity (Wildman–Crippen MR) is 76.1 cm³/mol. The van der Waals surface area contributed by atoms with Crippen LogP contribution in [-0.2, 0) is 14.3 Å². The zero-order valence-electron chi connectivity index (χ0n) is 12.5. The predicted octanol–water partition coefficient (Wildman–Crippen LogP) is 2.34. The van der Waals surface area contributed by atoms with E-state index < -0.39 is 12.1 Å². The molecule has 0 radical (unpaired) electrons. The molecule has 0 aliphatic carbocycles. The number of halogens is 1. The highest BCUT2D eigenvalue weighted by atomic mass is 19.1. The Morgan fingerprint density at radius 2 is 1.95 bits per heavy atom. The molecule has 1 fully saturated rings. The maximum Gasteiger partial charge on any atom is 0.232 e. The molecule has 0 bridgehead atoms. The Morgan fingerprint density at radius 1 is 1.33 bits per heavy atom. The van der Waals surface area contributed by atoms with Crippen LogP contribution in [0.2, 0.25) is 0 Å². The van der Waals surface area contributed by atoms with Crippen LogP contribution in [0.15, 0.2) is 24.3 Å². The van der Waals surface area contributed by atoms with E-state index in [9.17, 15) is 14.0 Å². The second kappa shape index (κ2) is 6.35. The molecule has 3 atom stereocenters. The van der Waals surface area contributed by atoms with Gasteiger partial charge in [0.25, 0.3) is 0 Å². The fourth-order valence-electron chi connectivity index (χ4n) is 2.57. The quantitative estimate of drug-likeness (QED) is 0.801. The smallest absolute Gasteiger partial charge is 0.232 e. The molecule has 1 saturated heterocycles. The fourth-order valence-corrected chi connectivity index (χ4v) is 2.57. The second-order valence-electron chi connectivity index (χ2n) is 5.69. The van der Waals surface area contributed by atoms with Crippen molar-refractivity contribution < 1.29 is 18.7 Å². The number of nitrogens with zero attached hydrogens (tertiary/aromatic N) is 1. The van der Waals surface area contributed by atoms with Gasteiger partial charge in [-0.1, -0.05) is 26.0 Å². The topological polar surface area (TPSA) is 46.6 Å². The van der Waals surface area contributed by atoms with Gasteiger partial charge in [-0.3, -0.25) is 9.59 Å². The average Bonchev–Trinajstić information content (AvgIpc) is 2.90. The van der Waals surface area contributed by atoms with Crippen LogP contribution in [0.1, 0.15) is 32.3 Å². The third-order valence-electron chi connectivity index (χ3n) is 3.95. The molecule has 5 heteroatoms. The maximum absolute atomic E-state index is 13.0. The molecule has 1 aromatic carbocycles. The largest absolute Gasteiger partial charge is 0.349 e. The molecule has 2 rings (SSSR count). The van der Waals surface area contributed by atoms with Crippen molar-refractivity contribution >= 4 is 12.2 Å². The van der Waals surface area contributed by atoms with Crippen molar-refractivity contribution in [1.82, 2.24) is 4.90 Å². The minimum absolute atomic E-state index is 0.115. The van der Waals surface area contributed by atoms with Crippen LogP contribution in [0.5, 0.6) is 0 Å². The SMILES string of the molecule is CC(C)[C@@H]1COC(C=O)N1C(=O)[C@H](C)c1ccc(F)cc1. The lowest BCUT2D eigenvalue weighted by Crippen LogP contribution is -2.46. The summed E-state index contributed by atoms with van der Waals surface area (Å²) in [6.45, 7) is 6.10. The van der Waals surface area contributed by atoms with E-state index in [0.29, 0.717) is 12.9 Å². The average molecular weight is 293 g/mol. The Hall–Kier alpha value is -1.75. The number of aldehydes is 1. The Kier molecular flexibility index (Phi) is 4.73. The van der Waals surface area contributed by atoms with E-state index in [-0.39, 0.29) is 23.7 Å². The van der Waals surface area contributed by atoms with E-state index >= 15 is 0 Å². The van der Waals surface area contributed by atoms with Crippen LogP contribution in [-0.4, -0.2) is 36.0 Å². The summed E-state index contributed by atoms with van der Waals surface area (Å²) in [5, 5.41) is 0. The lowest BCUT2D eigenvalue weighted by Gasteiger charge is -2.30. The Bertz CT molecular complexity index is 515. The number of hydrogen-bond donors (Lipinski definition) is 0. The molecule has 0 aromatic heterocycles. The molecular weight excluding hydrogens is 273 g/mol. The van der Waals surface area contributed by atoms with Gasteiger partial charge in [0, 0.05) is 0 Å². The van der Waals surface area contributed by atoms with Gasteiger partial charge in [-0.25, -0.2) is 4.39 Å². The standard InChI is InChI=1S/C16H20FNO3/c1-10(2)14-9-21-15(8-19)18(14)16(20)11(3)12-4-6-13(17)7-5-12/h4-8,10-11,14-15H,9H2,1-3H3/t11-,14+,15?/m1/s1. The van der Waals surface area contributed by atoms with E-state index in [1.807, 2.05) is 13.8 Å². The highest BCUT2D eigenvalue weighted by molar-refractivity contribution is 5.86. The first-order valence-electron chi connectivity index (χ1n) is 7.10. The molecule has 0 saturated carbocycles. The molecule has 1 aliphatic rings. The van der Waals surface area contributed by atoms with E-state index in [0.717, 1.165) is 5.56 Å². The van der Waals surface area contributed by atoms with Gasteiger partial charge in [0.1, 0.15) is 5.82 Å². The van der Waals surface area contributed by atoms with Gasteiger partial charge in [0.2, 0.25) is 5.91 Å². The summed E-state index contributed by atoms with van der Waals surface area (Å²) < 4.78 is 18.4. The Labute approximate surface area is 123 Å². The number of carbonyl (C=O) groups excluding carboxylic acids is 2. The zero-order chi connectivity index (χ0) is 15.6. The molecule has 114 valence electrons. The van der Waals surface area contributed by atoms with Crippen LogP contribution in [0.4, 0.5) is 4.39 Å². The Morgan fingerprint density at radius 3 is 2.48 bits per heavy atom. The first-order chi connectivity index (χ1) is 9.95. The van der Waals surface area contributed by atoms with Crippen molar-refractivity contribution in [2.24, 2.45) is 5.92 Å². The van der Waals surface area contributed by atoms with Gasteiger partial charge in [-0.15, -0.1) is 0 Å². The molecular formula is C16H20FNO3. The third-order valence-corrected chi connectivity index (χ3v) is 3.95. The van der Waals surface area contributed by atoms with E-state index in [4.69, 9.17) is 4.74 Å². The van der Waals surface area contributed by atoms with Crippen LogP contribution >= 0.6 is 0 Å². The van der Waals surface area contributed by atoms with Gasteiger partial charge < -0.3 is 9.64 Å². The lowest BCUT2D eigenvalue weighted by molar-refractivity contribution is -0.144. The van der Waals surface area contributed by atoms with Gasteiger partial charge >= 0.3 is 0 Å². The molecule has 21 heavy (non-hydrogen) atoms. The summed E-state index contributed by atoms with van der Waals surface area (Å²) in [6, 6.07) is 5.73. The van der Waals surface area contributed by atoms with Crippen LogP contribution in [0.3, 0.4) is 0 Å². The van der Waals surface area contributed by atoms with Gasteiger partial charge in [0.05, 0.1) is 18.6 Å². The van der Waals surface area contributed by atoms with Crippen molar-refractivity contribution in [2.75, 3.05) is 6.61 Å². The van der Waals surface area contributed by atoms with Crippen LogP contribution < -0.4 is 0 Å². The van der Waals surface area contributed by atoms with Crippen LogP contribution in [0.25, 0.3) is 0 Å². The summed E-state index contributed by atoms with van der Waals surface area (Å²) in [6.07, 6.45) is -0.176. The second-order valence-corrected chi connectivity index (χ2v) is 5.69. The molecule has 0 spiro atoms. The number of hydrogen-bond acceptors (Lipinski definition) is 3. The Balaban J connectivity index is 2.23. The normalized spacial score (nSPS) is 23.4. The lowest BCUT2D eigenvalue weighted by atomic mass is 9.97. The van der Waals surface area contributed by atoms with Gasteiger partial charge in [-0.05, 0) is 30.5 Å². The first-order valence-corrected chi connectivity index (χ1v) is 7.10. The molecule has 1 aliphatic heterocycles. The molecule has 1 heterocycles. The fraction of sp³-hybridized carbons (Fsp3) is 0.500. The monoisotopic (exact) mass is 293 g/mol. The first kappa shape index (κ1) is 15.6. The zero-order valence-corrected chi connectivity index (χ0v) is 12.5. The molecule has 1 unspecified atom stereocenters. The summed E-state index contributed by atoms with van der Waals surface area (Å²) >= 11 is 0. The maximum atomic E-state index is 13.0. The van der Waals surface area contributed by atoms with E-state index in [1.54, 1.807) is 19.1 Å². The highest BCUT2D eigenvalue weighted by Crippen LogP contribution is 2.27. The van der Waals surface area contributed by atoms with E-state index in [1.165, 1.54) is 17.0 Å². The minimum Gasteiger partial charge on any atom is -0.349 e. The van der Waals surface area contributed by atoms with Crippen molar-refractivity contribution in [1.29, 1.82) is 0 Å². The van der Waals surface area contributed by atoms with Crippen molar-refractivity contribution in [2.45, 2.75) is 39.0 Å². The summed E-state index contributed by atoms with van der Waals surface area (Å²) in [5.74, 6) is -0.765. The van der Waals surface area contributed by atoms with Gasteiger partial charge in [-0.2, -0.15) is 0 Å². The van der Waals surface area contributed by atoms with Gasteiger partial charge in [0.15, 0.2) is 12.5 Å². The summed E-state index contributed by atoms with van der Waals surface area (Å²) in [4.78, 5) is 25.4. The number of benzene rings is 1. The van der Waals surface area contributed by atoms with Crippen molar-refractivity contribution in [3.63, 3.8) is 0 Å². The molecule has 0 N–H and O–H groups in total. The minimum atomic E-state index is -0.826. The number of carbonyl (C=O) groups is 2. The van der Waals surface area contributed by atoms with Crippen molar-refractivity contribution in [3.8, 4) is 0 Å². The third kappa shape index (κ3) is 3.13. The highest BCUT2D eigenvalue weighted by Gasteiger charge is 2.40. The molecule has 1 amide bonds. The number of rotatable bonds is 4. The summed E-state index contributed by atoms with van der Waals surface area (Å²) in [5.41, 5.74) is 0.723. The van der Waals surface area contributed by atoms with Crippen molar-refractivity contribution in [3.05, 3.63) is 35.6 Å². The summed E-state index contributed by atoms with van der Waals surface area (Å²) in [7, 11) is 0. The van der Waals surface area contributed by atoms with Crippen LogP contribution in [0, 0.1) is 11.7 Å². The van der Waals surface area contributed by atoms with E-state index in [2.05, 4.69) is 0 Å². The number of amides is 1. The molecule has 4 nitrogen and oxygen atoms in total. The molecule has 1 aromatic rings.